The molecule has 0 aromatic heterocycles. The molecule has 2 N–H and O–H groups in total. The summed E-state index contributed by atoms with van der Waals surface area (Å²) in [5.41, 5.74) is 1.72. The van der Waals surface area contributed by atoms with Crippen LogP contribution in [0.4, 0.5) is 11.4 Å². The normalized spacial score (nSPS) is 11.7. The van der Waals surface area contributed by atoms with Gasteiger partial charge in [0, 0.05) is 6.07 Å². The maximum atomic E-state index is 13.6. The second kappa shape index (κ2) is 12.3. The Hall–Kier alpha value is -4.63. The summed E-state index contributed by atoms with van der Waals surface area (Å²) in [5.74, 6) is -0.548. The van der Waals surface area contributed by atoms with Crippen LogP contribution in [0.1, 0.15) is 28.9 Å². The average molecular weight is 544 g/mol. The van der Waals surface area contributed by atoms with Gasteiger partial charge in [-0.05, 0) is 48.9 Å². The van der Waals surface area contributed by atoms with Crippen molar-refractivity contribution in [3.63, 3.8) is 0 Å². The van der Waals surface area contributed by atoms with Gasteiger partial charge in [-0.1, -0.05) is 66.7 Å². The van der Waals surface area contributed by atoms with E-state index in [0.717, 1.165) is 9.87 Å². The molecule has 0 saturated carbocycles. The molecule has 1 atom stereocenters. The summed E-state index contributed by atoms with van der Waals surface area (Å²) in [4.78, 5) is 26.4. The predicted octanol–water partition coefficient (Wildman–Crippen LogP) is 5.02. The molecular formula is C30H29N3O5S. The van der Waals surface area contributed by atoms with E-state index in [0.29, 0.717) is 5.75 Å². The van der Waals surface area contributed by atoms with Gasteiger partial charge in [-0.3, -0.25) is 13.9 Å². The summed E-state index contributed by atoms with van der Waals surface area (Å²) in [6.07, 6.45) is 0. The summed E-state index contributed by atoms with van der Waals surface area (Å²) in [6, 6.07) is 30.2. The number of carbonyl (C=O) groups is 2. The molecule has 0 heterocycles. The first-order valence-corrected chi connectivity index (χ1v) is 13.7. The molecular weight excluding hydrogens is 514 g/mol. The fourth-order valence-corrected chi connectivity index (χ4v) is 5.44. The zero-order chi connectivity index (χ0) is 27.8. The van der Waals surface area contributed by atoms with Crippen molar-refractivity contribution in [3.8, 4) is 5.75 Å². The maximum absolute atomic E-state index is 13.6. The third-order valence-electron chi connectivity index (χ3n) is 6.05. The monoisotopic (exact) mass is 543 g/mol. The molecule has 4 aromatic rings. The lowest BCUT2D eigenvalue weighted by Crippen LogP contribution is -2.38. The van der Waals surface area contributed by atoms with Gasteiger partial charge >= 0.3 is 0 Å². The molecule has 9 heteroatoms. The highest BCUT2D eigenvalue weighted by molar-refractivity contribution is 7.92. The van der Waals surface area contributed by atoms with Crippen molar-refractivity contribution in [3.05, 3.63) is 120 Å². The van der Waals surface area contributed by atoms with Crippen LogP contribution in [0.2, 0.25) is 0 Å². The van der Waals surface area contributed by atoms with Gasteiger partial charge < -0.3 is 15.4 Å². The fraction of sp³-hybridized carbons (Fsp3) is 0.133. The van der Waals surface area contributed by atoms with Gasteiger partial charge in [0.2, 0.25) is 5.91 Å². The van der Waals surface area contributed by atoms with Gasteiger partial charge in [0.05, 0.1) is 35.0 Å². The molecule has 4 rings (SSSR count). The predicted molar refractivity (Wildman–Crippen MR) is 151 cm³/mol. The van der Waals surface area contributed by atoms with E-state index in [1.807, 2.05) is 37.3 Å². The van der Waals surface area contributed by atoms with Crippen LogP contribution >= 0.6 is 0 Å². The summed E-state index contributed by atoms with van der Waals surface area (Å²) in [5, 5.41) is 5.66. The van der Waals surface area contributed by atoms with Gasteiger partial charge in [-0.2, -0.15) is 0 Å². The lowest BCUT2D eigenvalue weighted by atomic mass is 10.1. The maximum Gasteiger partial charge on any atom is 0.264 e. The first-order chi connectivity index (χ1) is 18.8. The number of nitrogens with one attached hydrogen (secondary N) is 2. The number of benzene rings is 4. The van der Waals surface area contributed by atoms with Crippen LogP contribution < -0.4 is 19.7 Å². The van der Waals surface area contributed by atoms with E-state index in [9.17, 15) is 18.0 Å². The Morgan fingerprint density at radius 3 is 2.18 bits per heavy atom. The van der Waals surface area contributed by atoms with Crippen LogP contribution in [0.3, 0.4) is 0 Å². The molecule has 0 fully saturated rings. The number of hydrogen-bond donors (Lipinski definition) is 2. The van der Waals surface area contributed by atoms with E-state index in [-0.39, 0.29) is 33.8 Å². The van der Waals surface area contributed by atoms with E-state index in [4.69, 9.17) is 4.74 Å². The lowest BCUT2D eigenvalue weighted by Gasteiger charge is -2.24. The highest BCUT2D eigenvalue weighted by Gasteiger charge is 2.28. The third kappa shape index (κ3) is 6.63. The standard InChI is InChI=1S/C30H29N3O5S/c1-22(23-12-5-3-6-13-23)31-30(35)27-18-9-10-19-28(27)32-29(34)21-33(24-14-11-15-25(20-24)38-2)39(36,37)26-16-7-4-8-17-26/h3-20,22H,21H2,1-2H3,(H,31,35)(H,32,34)/t22-/m0/s1. The number of nitrogens with zero attached hydrogens (tertiary/aromatic N) is 1. The largest absolute Gasteiger partial charge is 0.497 e. The van der Waals surface area contributed by atoms with Crippen molar-refractivity contribution in [1.82, 2.24) is 5.32 Å². The number of anilines is 2. The van der Waals surface area contributed by atoms with Crippen molar-refractivity contribution in [2.45, 2.75) is 17.9 Å². The molecule has 39 heavy (non-hydrogen) atoms. The first kappa shape index (κ1) is 27.4. The van der Waals surface area contributed by atoms with Crippen LogP contribution in [0.15, 0.2) is 114 Å². The van der Waals surface area contributed by atoms with Gasteiger partial charge in [0.1, 0.15) is 12.3 Å². The molecule has 0 bridgehead atoms. The molecule has 0 spiro atoms. The molecule has 0 aliphatic carbocycles. The van der Waals surface area contributed by atoms with E-state index in [2.05, 4.69) is 10.6 Å². The Bertz CT molecular complexity index is 1540. The topological polar surface area (TPSA) is 105 Å². The molecule has 8 nitrogen and oxygen atoms in total. The lowest BCUT2D eigenvalue weighted by molar-refractivity contribution is -0.114. The van der Waals surface area contributed by atoms with Crippen LogP contribution in [-0.2, 0) is 14.8 Å². The van der Waals surface area contributed by atoms with E-state index in [1.54, 1.807) is 66.7 Å². The summed E-state index contributed by atoms with van der Waals surface area (Å²) < 4.78 is 33.5. The van der Waals surface area contributed by atoms with Crippen LogP contribution in [0.25, 0.3) is 0 Å². The first-order valence-electron chi connectivity index (χ1n) is 12.3. The van der Waals surface area contributed by atoms with Crippen molar-refractivity contribution in [1.29, 1.82) is 0 Å². The average Bonchev–Trinajstić information content (AvgIpc) is 2.97. The second-order valence-electron chi connectivity index (χ2n) is 8.73. The number of sulfonamides is 1. The molecule has 4 aromatic carbocycles. The third-order valence-corrected chi connectivity index (χ3v) is 7.84. The minimum atomic E-state index is -4.10. The summed E-state index contributed by atoms with van der Waals surface area (Å²) in [7, 11) is -2.63. The quantitative estimate of drug-likeness (QED) is 0.292. The Morgan fingerprint density at radius 1 is 0.846 bits per heavy atom. The minimum Gasteiger partial charge on any atom is -0.497 e. The Morgan fingerprint density at radius 2 is 1.49 bits per heavy atom. The smallest absolute Gasteiger partial charge is 0.264 e. The molecule has 0 aliphatic rings. The highest BCUT2D eigenvalue weighted by Crippen LogP contribution is 2.27. The van der Waals surface area contributed by atoms with E-state index < -0.39 is 22.5 Å². The zero-order valence-electron chi connectivity index (χ0n) is 21.6. The number of ether oxygens (including phenoxy) is 1. The van der Waals surface area contributed by atoms with Gasteiger partial charge in [0.25, 0.3) is 15.9 Å². The van der Waals surface area contributed by atoms with Gasteiger partial charge in [-0.25, -0.2) is 8.42 Å². The minimum absolute atomic E-state index is 0.0373. The number of hydrogen-bond acceptors (Lipinski definition) is 5. The molecule has 0 aliphatic heterocycles. The Balaban J connectivity index is 1.58. The van der Waals surface area contributed by atoms with Gasteiger partial charge in [-0.15, -0.1) is 0 Å². The molecule has 0 radical (unpaired) electrons. The van der Waals surface area contributed by atoms with E-state index >= 15 is 0 Å². The highest BCUT2D eigenvalue weighted by atomic mass is 32.2. The fourth-order valence-electron chi connectivity index (χ4n) is 4.01. The van der Waals surface area contributed by atoms with Crippen LogP contribution in [0.5, 0.6) is 5.75 Å². The molecule has 0 unspecified atom stereocenters. The van der Waals surface area contributed by atoms with Crippen LogP contribution in [0, 0.1) is 0 Å². The second-order valence-corrected chi connectivity index (χ2v) is 10.6. The number of rotatable bonds is 10. The Kier molecular flexibility index (Phi) is 8.63. The number of amides is 2. The van der Waals surface area contributed by atoms with E-state index in [1.165, 1.54) is 19.2 Å². The number of methoxy groups -OCH3 is 1. The SMILES string of the molecule is COc1cccc(N(CC(=O)Nc2ccccc2C(=O)N[C@@H](C)c2ccccc2)S(=O)(=O)c2ccccc2)c1. The van der Waals surface area contributed by atoms with Gasteiger partial charge in [0.15, 0.2) is 0 Å². The number of carbonyl (C=O) groups excluding carboxylic acids is 2. The molecule has 2 amide bonds. The van der Waals surface area contributed by atoms with Crippen molar-refractivity contribution >= 4 is 33.2 Å². The van der Waals surface area contributed by atoms with Crippen molar-refractivity contribution < 1.29 is 22.7 Å². The number of para-hydroxylation sites is 1. The zero-order valence-corrected chi connectivity index (χ0v) is 22.4. The summed E-state index contributed by atoms with van der Waals surface area (Å²) >= 11 is 0. The molecule has 200 valence electrons. The molecule has 0 saturated heterocycles. The van der Waals surface area contributed by atoms with Crippen molar-refractivity contribution in [2.75, 3.05) is 23.3 Å². The Labute approximate surface area is 228 Å². The van der Waals surface area contributed by atoms with Crippen LogP contribution in [-0.4, -0.2) is 33.9 Å². The summed E-state index contributed by atoms with van der Waals surface area (Å²) in [6.45, 7) is 1.34. The van der Waals surface area contributed by atoms with Crippen molar-refractivity contribution in [2.24, 2.45) is 0 Å².